The van der Waals surface area contributed by atoms with Crippen LogP contribution in [-0.4, -0.2) is 27.0 Å². The van der Waals surface area contributed by atoms with Gasteiger partial charge in [0.05, 0.1) is 10.6 Å². The lowest BCUT2D eigenvalue weighted by atomic mass is 9.94. The molecule has 2 aromatic rings. The van der Waals surface area contributed by atoms with Gasteiger partial charge in [-0.3, -0.25) is 9.69 Å². The summed E-state index contributed by atoms with van der Waals surface area (Å²) in [4.78, 5) is 24.8. The van der Waals surface area contributed by atoms with Crippen LogP contribution in [0.1, 0.15) is 43.6 Å². The van der Waals surface area contributed by atoms with Crippen molar-refractivity contribution in [3.05, 3.63) is 38.5 Å². The molecule has 136 valence electrons. The first-order chi connectivity index (χ1) is 12.6. The lowest BCUT2D eigenvalue weighted by Crippen LogP contribution is -2.40. The minimum atomic E-state index is 0.0152. The monoisotopic (exact) mass is 451 g/mol. The predicted octanol–water partition coefficient (Wildman–Crippen LogP) is 5.74. The van der Waals surface area contributed by atoms with E-state index in [-0.39, 0.29) is 11.9 Å². The van der Waals surface area contributed by atoms with Crippen LogP contribution in [-0.2, 0) is 4.79 Å². The van der Waals surface area contributed by atoms with Gasteiger partial charge < -0.3 is 4.42 Å². The second-order valence-electron chi connectivity index (χ2n) is 6.39. The smallest absolute Gasteiger partial charge is 0.267 e. The van der Waals surface area contributed by atoms with Gasteiger partial charge in [-0.15, -0.1) is 11.3 Å². The standard InChI is InChI=1S/C18H18BrN3O2S2/c1-11-10-25-17(20-11)21-18-22(12-5-3-2-4-6-12)16(23)14(26-18)9-13-7-8-15(19)24-13/h7-10,12H,2-6H2,1H3/b14-9+,21-18+. The second kappa shape index (κ2) is 7.70. The Hall–Kier alpha value is -1.38. The number of thioether (sulfide) groups is 1. The molecule has 1 saturated carbocycles. The van der Waals surface area contributed by atoms with Crippen molar-refractivity contribution in [2.75, 3.05) is 0 Å². The molecule has 0 bridgehead atoms. The van der Waals surface area contributed by atoms with Gasteiger partial charge in [-0.1, -0.05) is 19.3 Å². The molecule has 3 heterocycles. The van der Waals surface area contributed by atoms with Crippen molar-refractivity contribution < 1.29 is 9.21 Å². The number of amidine groups is 1. The minimum Gasteiger partial charge on any atom is -0.450 e. The number of carbonyl (C=O) groups excluding carboxylic acids is 1. The van der Waals surface area contributed by atoms with Crippen LogP contribution in [0.15, 0.2) is 36.5 Å². The van der Waals surface area contributed by atoms with Gasteiger partial charge in [0.1, 0.15) is 5.76 Å². The lowest BCUT2D eigenvalue weighted by molar-refractivity contribution is -0.124. The van der Waals surface area contributed by atoms with E-state index in [2.05, 4.69) is 20.9 Å². The highest BCUT2D eigenvalue weighted by molar-refractivity contribution is 9.10. The Morgan fingerprint density at radius 2 is 2.15 bits per heavy atom. The largest absolute Gasteiger partial charge is 0.450 e. The molecule has 0 aromatic carbocycles. The van der Waals surface area contributed by atoms with Crippen LogP contribution in [0.2, 0.25) is 0 Å². The van der Waals surface area contributed by atoms with Crippen LogP contribution in [0.4, 0.5) is 5.13 Å². The summed E-state index contributed by atoms with van der Waals surface area (Å²) < 4.78 is 6.19. The highest BCUT2D eigenvalue weighted by atomic mass is 79.9. The quantitative estimate of drug-likeness (QED) is 0.557. The number of aryl methyl sites for hydroxylation is 1. The fourth-order valence-electron chi connectivity index (χ4n) is 3.24. The molecule has 2 fully saturated rings. The first-order valence-corrected chi connectivity index (χ1v) is 11.1. The van der Waals surface area contributed by atoms with Gasteiger partial charge in [0.15, 0.2) is 9.84 Å². The molecule has 1 aliphatic heterocycles. The van der Waals surface area contributed by atoms with E-state index in [1.54, 1.807) is 6.08 Å². The first-order valence-electron chi connectivity index (χ1n) is 8.59. The Labute approximate surface area is 168 Å². The molecule has 1 aliphatic carbocycles. The van der Waals surface area contributed by atoms with E-state index in [9.17, 15) is 4.79 Å². The van der Waals surface area contributed by atoms with E-state index in [0.29, 0.717) is 20.5 Å². The predicted molar refractivity (Wildman–Crippen MR) is 110 cm³/mol. The third kappa shape index (κ3) is 3.82. The van der Waals surface area contributed by atoms with Crippen LogP contribution >= 0.6 is 39.0 Å². The van der Waals surface area contributed by atoms with E-state index < -0.39 is 0 Å². The molecule has 5 nitrogen and oxygen atoms in total. The number of thiazole rings is 1. The fourth-order valence-corrected chi connectivity index (χ4v) is 5.30. The first kappa shape index (κ1) is 18.0. The lowest BCUT2D eigenvalue weighted by Gasteiger charge is -2.30. The zero-order valence-electron chi connectivity index (χ0n) is 14.3. The zero-order valence-corrected chi connectivity index (χ0v) is 17.5. The molecular formula is C18H18BrN3O2S2. The van der Waals surface area contributed by atoms with Crippen molar-refractivity contribution >= 4 is 61.3 Å². The third-order valence-corrected chi connectivity index (χ3v) is 6.70. The fraction of sp³-hybridized carbons (Fsp3) is 0.389. The minimum absolute atomic E-state index is 0.0152. The SMILES string of the molecule is Cc1csc(/N=C2/S/C(=C/c3ccc(Br)o3)C(=O)N2C2CCCCC2)n1. The Kier molecular flexibility index (Phi) is 5.33. The molecule has 2 aromatic heterocycles. The maximum absolute atomic E-state index is 13.1. The maximum Gasteiger partial charge on any atom is 0.267 e. The average molecular weight is 452 g/mol. The number of hydrogen-bond acceptors (Lipinski definition) is 6. The molecule has 8 heteroatoms. The van der Waals surface area contributed by atoms with Crippen molar-refractivity contribution in [3.8, 4) is 0 Å². The van der Waals surface area contributed by atoms with Gasteiger partial charge in [-0.25, -0.2) is 4.98 Å². The van der Waals surface area contributed by atoms with Gasteiger partial charge in [0.2, 0.25) is 5.13 Å². The number of aromatic nitrogens is 1. The molecule has 1 amide bonds. The number of rotatable bonds is 3. The molecule has 4 rings (SSSR count). The molecule has 2 aliphatic rings. The van der Waals surface area contributed by atoms with E-state index in [4.69, 9.17) is 9.41 Å². The number of furan rings is 1. The second-order valence-corrected chi connectivity index (χ2v) is 9.01. The highest BCUT2D eigenvalue weighted by Gasteiger charge is 2.39. The van der Waals surface area contributed by atoms with Crippen LogP contribution < -0.4 is 0 Å². The normalized spacial score (nSPS) is 22.1. The summed E-state index contributed by atoms with van der Waals surface area (Å²) >= 11 is 6.21. The van der Waals surface area contributed by atoms with Gasteiger partial charge >= 0.3 is 0 Å². The van der Waals surface area contributed by atoms with E-state index in [1.165, 1.54) is 29.5 Å². The number of nitrogens with zero attached hydrogens (tertiary/aromatic N) is 3. The number of hydrogen-bond donors (Lipinski definition) is 0. The van der Waals surface area contributed by atoms with Gasteiger partial charge in [-0.05, 0) is 59.6 Å². The molecule has 1 saturated heterocycles. The molecule has 0 radical (unpaired) electrons. The van der Waals surface area contributed by atoms with Crippen molar-refractivity contribution in [1.29, 1.82) is 0 Å². The van der Waals surface area contributed by atoms with Crippen molar-refractivity contribution in [3.63, 3.8) is 0 Å². The van der Waals surface area contributed by atoms with Crippen LogP contribution in [0.25, 0.3) is 6.08 Å². The summed E-state index contributed by atoms with van der Waals surface area (Å²) in [5.74, 6) is 0.670. The average Bonchev–Trinajstić information content (AvgIpc) is 3.30. The summed E-state index contributed by atoms with van der Waals surface area (Å²) in [5, 5.41) is 3.40. The number of amides is 1. The number of halogens is 1. The van der Waals surface area contributed by atoms with Gasteiger partial charge in [0.25, 0.3) is 5.91 Å². The molecule has 0 N–H and O–H groups in total. The van der Waals surface area contributed by atoms with Crippen molar-refractivity contribution in [2.45, 2.75) is 45.1 Å². The van der Waals surface area contributed by atoms with E-state index >= 15 is 0 Å². The van der Waals surface area contributed by atoms with Gasteiger partial charge in [0, 0.05) is 17.5 Å². The topological polar surface area (TPSA) is 58.7 Å². The van der Waals surface area contributed by atoms with Gasteiger partial charge in [-0.2, -0.15) is 4.99 Å². The van der Waals surface area contributed by atoms with Crippen LogP contribution in [0.3, 0.4) is 0 Å². The summed E-state index contributed by atoms with van der Waals surface area (Å²) in [7, 11) is 0. The highest BCUT2D eigenvalue weighted by Crippen LogP contribution is 2.39. The van der Waals surface area contributed by atoms with E-state index in [0.717, 1.165) is 36.5 Å². The molecule has 0 spiro atoms. The Bertz CT molecular complexity index is 881. The molecule has 26 heavy (non-hydrogen) atoms. The molecule has 0 unspecified atom stereocenters. The maximum atomic E-state index is 13.1. The summed E-state index contributed by atoms with van der Waals surface area (Å²) in [5.41, 5.74) is 0.948. The van der Waals surface area contributed by atoms with Crippen LogP contribution in [0, 0.1) is 6.92 Å². The van der Waals surface area contributed by atoms with Crippen LogP contribution in [0.5, 0.6) is 0 Å². The Balaban J connectivity index is 1.68. The summed E-state index contributed by atoms with van der Waals surface area (Å²) in [6.07, 6.45) is 7.42. The summed E-state index contributed by atoms with van der Waals surface area (Å²) in [6.45, 7) is 1.95. The zero-order chi connectivity index (χ0) is 18.1. The van der Waals surface area contributed by atoms with Crippen molar-refractivity contribution in [1.82, 2.24) is 9.88 Å². The number of aliphatic imine (C=N–C) groups is 1. The molecular weight excluding hydrogens is 434 g/mol. The van der Waals surface area contributed by atoms with E-state index in [1.807, 2.05) is 29.3 Å². The Morgan fingerprint density at radius 1 is 1.35 bits per heavy atom. The van der Waals surface area contributed by atoms with Crippen molar-refractivity contribution in [2.24, 2.45) is 4.99 Å². The third-order valence-electron chi connectivity index (χ3n) is 4.44. The summed E-state index contributed by atoms with van der Waals surface area (Å²) in [6, 6.07) is 3.88. The number of carbonyl (C=O) groups is 1. The Morgan fingerprint density at radius 3 is 2.81 bits per heavy atom. The molecule has 0 atom stereocenters.